The van der Waals surface area contributed by atoms with E-state index in [0.717, 1.165) is 12.0 Å². The average Bonchev–Trinajstić information content (AvgIpc) is 2.96. The Labute approximate surface area is 106 Å². The van der Waals surface area contributed by atoms with Crippen molar-refractivity contribution in [2.45, 2.75) is 26.8 Å². The van der Waals surface area contributed by atoms with Crippen molar-refractivity contribution in [1.82, 2.24) is 5.32 Å². The molecule has 1 aliphatic rings. The second-order valence-electron chi connectivity index (χ2n) is 5.47. The van der Waals surface area contributed by atoms with E-state index in [2.05, 4.69) is 19.2 Å². The van der Waals surface area contributed by atoms with E-state index in [4.69, 9.17) is 5.11 Å². The lowest BCUT2D eigenvalue weighted by molar-refractivity contribution is -0.123. The Bertz CT molecular complexity index is 494. The molecule has 2 N–H and O–H groups in total. The van der Waals surface area contributed by atoms with Gasteiger partial charge in [0.15, 0.2) is 0 Å². The summed E-state index contributed by atoms with van der Waals surface area (Å²) >= 11 is 0. The normalized spacial score (nSPS) is 20.2. The summed E-state index contributed by atoms with van der Waals surface area (Å²) in [4.78, 5) is 22.6. The van der Waals surface area contributed by atoms with Gasteiger partial charge in [-0.2, -0.15) is 0 Å². The summed E-state index contributed by atoms with van der Waals surface area (Å²) in [5, 5.41) is 11.7. The average molecular weight is 247 g/mol. The lowest BCUT2D eigenvalue weighted by atomic mass is 10.1. The van der Waals surface area contributed by atoms with Crippen LogP contribution in [0.2, 0.25) is 0 Å². The van der Waals surface area contributed by atoms with Crippen LogP contribution in [0.4, 0.5) is 0 Å². The summed E-state index contributed by atoms with van der Waals surface area (Å²) in [6.07, 6.45) is 0.925. The highest BCUT2D eigenvalue weighted by Gasteiger charge is 2.50. The summed E-state index contributed by atoms with van der Waals surface area (Å²) in [5.41, 5.74) is 1.17. The van der Waals surface area contributed by atoms with Gasteiger partial charge in [0.25, 0.3) is 0 Å². The molecule has 0 spiro atoms. The molecule has 1 aromatic carbocycles. The Morgan fingerprint density at radius 3 is 2.67 bits per heavy atom. The largest absolute Gasteiger partial charge is 0.478 e. The Morgan fingerprint density at radius 1 is 1.44 bits per heavy atom. The van der Waals surface area contributed by atoms with Crippen molar-refractivity contribution in [3.8, 4) is 0 Å². The quantitative estimate of drug-likeness (QED) is 0.855. The molecule has 1 fully saturated rings. The maximum Gasteiger partial charge on any atom is 0.335 e. The van der Waals surface area contributed by atoms with Crippen LogP contribution in [-0.4, -0.2) is 17.0 Å². The van der Waals surface area contributed by atoms with Crippen molar-refractivity contribution in [1.29, 1.82) is 0 Å². The van der Waals surface area contributed by atoms with Crippen LogP contribution < -0.4 is 5.32 Å². The SMILES string of the molecule is CC1(C)CC1C(=O)NCc1cccc(C(=O)O)c1. The molecule has 1 atom stereocenters. The molecule has 18 heavy (non-hydrogen) atoms. The fourth-order valence-corrected chi connectivity index (χ4v) is 2.04. The third kappa shape index (κ3) is 2.70. The van der Waals surface area contributed by atoms with E-state index in [9.17, 15) is 9.59 Å². The highest BCUT2D eigenvalue weighted by molar-refractivity contribution is 5.87. The number of hydrogen-bond acceptors (Lipinski definition) is 2. The number of hydrogen-bond donors (Lipinski definition) is 2. The molecule has 1 saturated carbocycles. The molecular weight excluding hydrogens is 230 g/mol. The molecule has 1 aliphatic carbocycles. The summed E-state index contributed by atoms with van der Waals surface area (Å²) in [5.74, 6) is -0.799. The first kappa shape index (κ1) is 12.6. The van der Waals surface area contributed by atoms with E-state index in [1.807, 2.05) is 6.07 Å². The van der Waals surface area contributed by atoms with E-state index in [-0.39, 0.29) is 22.8 Å². The van der Waals surface area contributed by atoms with Gasteiger partial charge in [0, 0.05) is 12.5 Å². The van der Waals surface area contributed by atoms with Gasteiger partial charge >= 0.3 is 5.97 Å². The smallest absolute Gasteiger partial charge is 0.335 e. The molecule has 0 saturated heterocycles. The van der Waals surface area contributed by atoms with Crippen LogP contribution in [0, 0.1) is 11.3 Å². The number of benzene rings is 1. The van der Waals surface area contributed by atoms with E-state index < -0.39 is 5.97 Å². The number of carboxylic acids is 1. The molecule has 0 aromatic heterocycles. The lowest BCUT2D eigenvalue weighted by Crippen LogP contribution is -2.26. The molecule has 2 rings (SSSR count). The monoisotopic (exact) mass is 247 g/mol. The van der Waals surface area contributed by atoms with E-state index in [0.29, 0.717) is 6.54 Å². The minimum atomic E-state index is -0.952. The third-order valence-electron chi connectivity index (χ3n) is 3.47. The zero-order valence-corrected chi connectivity index (χ0v) is 10.6. The van der Waals surface area contributed by atoms with Crippen LogP contribution in [0.15, 0.2) is 24.3 Å². The van der Waals surface area contributed by atoms with Crippen LogP contribution in [0.5, 0.6) is 0 Å². The fraction of sp³-hybridized carbons (Fsp3) is 0.429. The van der Waals surface area contributed by atoms with Gasteiger partial charge in [-0.25, -0.2) is 4.79 Å². The van der Waals surface area contributed by atoms with Crippen molar-refractivity contribution in [2.24, 2.45) is 11.3 Å². The summed E-state index contributed by atoms with van der Waals surface area (Å²) in [7, 11) is 0. The Kier molecular flexibility index (Phi) is 3.11. The van der Waals surface area contributed by atoms with E-state index >= 15 is 0 Å². The fourth-order valence-electron chi connectivity index (χ4n) is 2.04. The zero-order chi connectivity index (χ0) is 13.3. The minimum Gasteiger partial charge on any atom is -0.478 e. The lowest BCUT2D eigenvalue weighted by Gasteiger charge is -2.07. The van der Waals surface area contributed by atoms with Crippen LogP contribution in [0.25, 0.3) is 0 Å². The number of amides is 1. The Hall–Kier alpha value is -1.84. The number of rotatable bonds is 4. The molecule has 0 bridgehead atoms. The van der Waals surface area contributed by atoms with Crippen LogP contribution in [-0.2, 0) is 11.3 Å². The molecular formula is C14H17NO3. The maximum absolute atomic E-state index is 11.8. The van der Waals surface area contributed by atoms with Crippen molar-refractivity contribution in [3.05, 3.63) is 35.4 Å². The Morgan fingerprint density at radius 2 is 2.11 bits per heavy atom. The van der Waals surface area contributed by atoms with Crippen molar-refractivity contribution >= 4 is 11.9 Å². The zero-order valence-electron chi connectivity index (χ0n) is 10.6. The van der Waals surface area contributed by atoms with Crippen molar-refractivity contribution in [2.75, 3.05) is 0 Å². The first-order valence-corrected chi connectivity index (χ1v) is 6.00. The molecule has 1 aromatic rings. The summed E-state index contributed by atoms with van der Waals surface area (Å²) in [6.45, 7) is 4.52. The number of carboxylic acid groups (broad SMARTS) is 1. The van der Waals surface area contributed by atoms with E-state index in [1.165, 1.54) is 6.07 Å². The maximum atomic E-state index is 11.8. The topological polar surface area (TPSA) is 66.4 Å². The number of carbonyl (C=O) groups excluding carboxylic acids is 1. The van der Waals surface area contributed by atoms with Crippen LogP contribution in [0.3, 0.4) is 0 Å². The van der Waals surface area contributed by atoms with Gasteiger partial charge in [0.05, 0.1) is 5.56 Å². The molecule has 96 valence electrons. The first-order chi connectivity index (χ1) is 8.40. The Balaban J connectivity index is 1.92. The standard InChI is InChI=1S/C14H17NO3/c1-14(2)7-11(14)12(16)15-8-9-4-3-5-10(6-9)13(17)18/h3-6,11H,7-8H2,1-2H3,(H,15,16)(H,17,18). The van der Waals surface area contributed by atoms with Gasteiger partial charge in [0.2, 0.25) is 5.91 Å². The van der Waals surface area contributed by atoms with Crippen molar-refractivity contribution < 1.29 is 14.7 Å². The molecule has 4 nitrogen and oxygen atoms in total. The summed E-state index contributed by atoms with van der Waals surface area (Å²) in [6, 6.07) is 6.62. The third-order valence-corrected chi connectivity index (χ3v) is 3.47. The molecule has 1 unspecified atom stereocenters. The highest BCUT2D eigenvalue weighted by Crippen LogP contribution is 2.51. The molecule has 0 heterocycles. The van der Waals surface area contributed by atoms with E-state index in [1.54, 1.807) is 12.1 Å². The number of carbonyl (C=O) groups is 2. The second-order valence-corrected chi connectivity index (χ2v) is 5.47. The van der Waals surface area contributed by atoms with Crippen LogP contribution >= 0.6 is 0 Å². The predicted octanol–water partition coefficient (Wildman–Crippen LogP) is 2.05. The summed E-state index contributed by atoms with van der Waals surface area (Å²) < 4.78 is 0. The van der Waals surface area contributed by atoms with Crippen molar-refractivity contribution in [3.63, 3.8) is 0 Å². The molecule has 0 radical (unpaired) electrons. The number of nitrogens with one attached hydrogen (secondary N) is 1. The van der Waals surface area contributed by atoms with Gasteiger partial charge in [-0.3, -0.25) is 4.79 Å². The van der Waals surface area contributed by atoms with Gasteiger partial charge in [0.1, 0.15) is 0 Å². The first-order valence-electron chi connectivity index (χ1n) is 6.00. The molecule has 1 amide bonds. The van der Waals surface area contributed by atoms with Gasteiger partial charge in [-0.1, -0.05) is 26.0 Å². The number of aromatic carboxylic acids is 1. The highest BCUT2D eigenvalue weighted by atomic mass is 16.4. The predicted molar refractivity (Wildman–Crippen MR) is 67.1 cm³/mol. The van der Waals surface area contributed by atoms with Crippen LogP contribution in [0.1, 0.15) is 36.2 Å². The van der Waals surface area contributed by atoms with Gasteiger partial charge in [-0.15, -0.1) is 0 Å². The molecule has 4 heteroatoms. The molecule has 0 aliphatic heterocycles. The second kappa shape index (κ2) is 4.44. The van der Waals surface area contributed by atoms with Gasteiger partial charge < -0.3 is 10.4 Å². The minimum absolute atomic E-state index is 0.0562. The van der Waals surface area contributed by atoms with Gasteiger partial charge in [-0.05, 0) is 29.5 Å².